The average Bonchev–Trinajstić information content (AvgIpc) is 3.10. The molecule has 3 rings (SSSR count). The van der Waals surface area contributed by atoms with Gasteiger partial charge < -0.3 is 4.74 Å². The van der Waals surface area contributed by atoms with Crippen LogP contribution in [0.5, 0.6) is 0 Å². The molecule has 1 aromatic carbocycles. The summed E-state index contributed by atoms with van der Waals surface area (Å²) >= 11 is 0. The van der Waals surface area contributed by atoms with Crippen LogP contribution in [0.25, 0.3) is 0 Å². The number of benzene rings is 1. The fourth-order valence-corrected chi connectivity index (χ4v) is 4.49. The molecule has 1 aliphatic carbocycles. The molecule has 0 N–H and O–H groups in total. The molecule has 0 aromatic heterocycles. The molecule has 1 heterocycles. The number of nitrogens with zero attached hydrogens (tertiary/aromatic N) is 1. The average molecular weight is 377 g/mol. The standard InChI is InChI=1S/C19H23NO5S/c1-2-26(23,24)20-11-10-15-12-16(8-9-17(15)20)18(21)13-25-19(22)14-6-4-3-5-7-14/h3-4,8-9,12,14H,2,5-7,10-11,13H2,1H3/t14-/m0/s1. The van der Waals surface area contributed by atoms with Crippen molar-refractivity contribution in [3.63, 3.8) is 0 Å². The number of sulfonamides is 1. The van der Waals surface area contributed by atoms with Crippen molar-refractivity contribution in [1.82, 2.24) is 0 Å². The first-order valence-electron chi connectivity index (χ1n) is 8.90. The number of carbonyl (C=O) groups excluding carboxylic acids is 2. The normalized spacial score (nSPS) is 19.3. The second-order valence-electron chi connectivity index (χ2n) is 6.58. The number of hydrogen-bond acceptors (Lipinski definition) is 5. The number of fused-ring (bicyclic) bond motifs is 1. The zero-order valence-corrected chi connectivity index (χ0v) is 15.6. The Kier molecular flexibility index (Phi) is 5.46. The lowest BCUT2D eigenvalue weighted by Gasteiger charge is -2.18. The minimum atomic E-state index is -3.30. The van der Waals surface area contributed by atoms with E-state index < -0.39 is 10.0 Å². The second-order valence-corrected chi connectivity index (χ2v) is 8.76. The predicted octanol–water partition coefficient (Wildman–Crippen LogP) is 2.48. The summed E-state index contributed by atoms with van der Waals surface area (Å²) in [5.41, 5.74) is 1.90. The van der Waals surface area contributed by atoms with E-state index in [4.69, 9.17) is 4.74 Å². The quantitative estimate of drug-likeness (QED) is 0.432. The molecule has 0 unspecified atom stereocenters. The third-order valence-electron chi connectivity index (χ3n) is 4.90. The molecule has 1 atom stereocenters. The number of hydrogen-bond donors (Lipinski definition) is 0. The monoisotopic (exact) mass is 377 g/mol. The van der Waals surface area contributed by atoms with Gasteiger partial charge in [0.2, 0.25) is 10.0 Å². The summed E-state index contributed by atoms with van der Waals surface area (Å²) in [6.45, 7) is 1.73. The number of carbonyl (C=O) groups is 2. The van der Waals surface area contributed by atoms with E-state index in [0.717, 1.165) is 18.4 Å². The van der Waals surface area contributed by atoms with Gasteiger partial charge >= 0.3 is 5.97 Å². The highest BCUT2D eigenvalue weighted by Crippen LogP contribution is 2.31. The molecular formula is C19H23NO5S. The van der Waals surface area contributed by atoms with Crippen molar-refractivity contribution >= 4 is 27.5 Å². The van der Waals surface area contributed by atoms with Crippen LogP contribution in [0.15, 0.2) is 30.4 Å². The third-order valence-corrected chi connectivity index (χ3v) is 6.68. The van der Waals surface area contributed by atoms with E-state index in [1.165, 1.54) is 4.31 Å². The van der Waals surface area contributed by atoms with Crippen LogP contribution in [0.1, 0.15) is 42.1 Å². The Balaban J connectivity index is 1.64. The second kappa shape index (κ2) is 7.61. The summed E-state index contributed by atoms with van der Waals surface area (Å²) in [5, 5.41) is 0. The first-order valence-corrected chi connectivity index (χ1v) is 10.5. The lowest BCUT2D eigenvalue weighted by Crippen LogP contribution is -2.30. The summed E-state index contributed by atoms with van der Waals surface area (Å²) in [7, 11) is -3.30. The molecule has 1 aromatic rings. The van der Waals surface area contributed by atoms with Crippen LogP contribution in [0.3, 0.4) is 0 Å². The van der Waals surface area contributed by atoms with Crippen LogP contribution in [-0.2, 0) is 26.0 Å². The van der Waals surface area contributed by atoms with E-state index in [-0.39, 0.29) is 30.0 Å². The summed E-state index contributed by atoms with van der Waals surface area (Å²) in [5.74, 6) is -0.728. The molecule has 0 amide bonds. The van der Waals surface area contributed by atoms with Crippen LogP contribution in [0, 0.1) is 5.92 Å². The summed E-state index contributed by atoms with van der Waals surface area (Å²) in [6, 6.07) is 4.97. The molecule has 2 aliphatic rings. The lowest BCUT2D eigenvalue weighted by molar-refractivity contribution is -0.147. The first-order chi connectivity index (χ1) is 12.4. The number of rotatable bonds is 6. The van der Waals surface area contributed by atoms with E-state index in [9.17, 15) is 18.0 Å². The van der Waals surface area contributed by atoms with Gasteiger partial charge in [-0.05, 0) is 56.4 Å². The van der Waals surface area contributed by atoms with Gasteiger partial charge in [0.25, 0.3) is 0 Å². The van der Waals surface area contributed by atoms with Crippen LogP contribution >= 0.6 is 0 Å². The van der Waals surface area contributed by atoms with Gasteiger partial charge in [-0.25, -0.2) is 8.42 Å². The fourth-order valence-electron chi connectivity index (χ4n) is 3.34. The first kappa shape index (κ1) is 18.6. The third kappa shape index (κ3) is 3.82. The van der Waals surface area contributed by atoms with Crippen LogP contribution in [-0.4, -0.2) is 39.1 Å². The van der Waals surface area contributed by atoms with Gasteiger partial charge in [-0.1, -0.05) is 12.2 Å². The largest absolute Gasteiger partial charge is 0.457 e. The van der Waals surface area contributed by atoms with Crippen LogP contribution in [0.4, 0.5) is 5.69 Å². The maximum Gasteiger partial charge on any atom is 0.309 e. The number of Topliss-reactive ketones (excluding diaryl/α,β-unsaturated/α-hetero) is 1. The molecule has 0 saturated carbocycles. The highest BCUT2D eigenvalue weighted by Gasteiger charge is 2.29. The maximum absolute atomic E-state index is 12.3. The van der Waals surface area contributed by atoms with Crippen molar-refractivity contribution in [3.05, 3.63) is 41.5 Å². The Labute approximate surface area is 153 Å². The fraction of sp³-hybridized carbons (Fsp3) is 0.474. The minimum absolute atomic E-state index is 0.0411. The highest BCUT2D eigenvalue weighted by atomic mass is 32.2. The van der Waals surface area contributed by atoms with E-state index in [0.29, 0.717) is 30.6 Å². The molecule has 6 nitrogen and oxygen atoms in total. The number of ether oxygens (including phenoxy) is 1. The number of anilines is 1. The molecule has 0 saturated heterocycles. The molecule has 0 spiro atoms. The lowest BCUT2D eigenvalue weighted by atomic mass is 9.95. The highest BCUT2D eigenvalue weighted by molar-refractivity contribution is 7.92. The Hall–Kier alpha value is -2.15. The molecule has 7 heteroatoms. The van der Waals surface area contributed by atoms with Crippen molar-refractivity contribution in [2.75, 3.05) is 23.2 Å². The SMILES string of the molecule is CCS(=O)(=O)N1CCc2cc(C(=O)COC(=O)[C@H]3CC=CCC3)ccc21. The van der Waals surface area contributed by atoms with E-state index >= 15 is 0 Å². The molecular weight excluding hydrogens is 354 g/mol. The number of esters is 1. The van der Waals surface area contributed by atoms with E-state index in [1.54, 1.807) is 25.1 Å². The Morgan fingerprint density at radius 1 is 1.27 bits per heavy atom. The van der Waals surface area contributed by atoms with Crippen molar-refractivity contribution in [2.24, 2.45) is 5.92 Å². The van der Waals surface area contributed by atoms with Crippen molar-refractivity contribution in [1.29, 1.82) is 0 Å². The summed E-state index contributed by atoms with van der Waals surface area (Å²) in [4.78, 5) is 24.4. The number of allylic oxidation sites excluding steroid dienone is 2. The zero-order valence-electron chi connectivity index (χ0n) is 14.8. The van der Waals surface area contributed by atoms with Gasteiger partial charge in [0.1, 0.15) is 0 Å². The zero-order chi connectivity index (χ0) is 18.7. The molecule has 26 heavy (non-hydrogen) atoms. The van der Waals surface area contributed by atoms with Crippen LogP contribution in [0.2, 0.25) is 0 Å². The van der Waals surface area contributed by atoms with Crippen molar-refractivity contribution in [2.45, 2.75) is 32.6 Å². The summed E-state index contributed by atoms with van der Waals surface area (Å²) in [6.07, 6.45) is 6.85. The van der Waals surface area contributed by atoms with Gasteiger partial charge in [0, 0.05) is 12.1 Å². The Morgan fingerprint density at radius 3 is 2.77 bits per heavy atom. The molecule has 0 fully saturated rings. The smallest absolute Gasteiger partial charge is 0.309 e. The topological polar surface area (TPSA) is 80.8 Å². The van der Waals surface area contributed by atoms with Gasteiger partial charge in [-0.2, -0.15) is 0 Å². The van der Waals surface area contributed by atoms with E-state index in [2.05, 4.69) is 0 Å². The van der Waals surface area contributed by atoms with Gasteiger partial charge in [0.15, 0.2) is 12.4 Å². The molecule has 0 radical (unpaired) electrons. The molecule has 1 aliphatic heterocycles. The van der Waals surface area contributed by atoms with Crippen molar-refractivity contribution < 1.29 is 22.7 Å². The maximum atomic E-state index is 12.3. The van der Waals surface area contributed by atoms with Crippen molar-refractivity contribution in [3.8, 4) is 0 Å². The van der Waals surface area contributed by atoms with Crippen LogP contribution < -0.4 is 4.31 Å². The van der Waals surface area contributed by atoms with Gasteiger partial charge in [0.05, 0.1) is 17.4 Å². The summed E-state index contributed by atoms with van der Waals surface area (Å²) < 4.78 is 30.8. The predicted molar refractivity (Wildman–Crippen MR) is 98.7 cm³/mol. The molecule has 140 valence electrons. The Bertz CT molecular complexity index is 843. The Morgan fingerprint density at radius 2 is 2.08 bits per heavy atom. The molecule has 0 bridgehead atoms. The van der Waals surface area contributed by atoms with Gasteiger partial charge in [-0.3, -0.25) is 13.9 Å². The van der Waals surface area contributed by atoms with E-state index in [1.807, 2.05) is 12.2 Å². The minimum Gasteiger partial charge on any atom is -0.457 e. The van der Waals surface area contributed by atoms with Gasteiger partial charge in [-0.15, -0.1) is 0 Å². The number of ketones is 1.